The summed E-state index contributed by atoms with van der Waals surface area (Å²) in [7, 11) is 0. The third-order valence-electron chi connectivity index (χ3n) is 3.12. The third-order valence-corrected chi connectivity index (χ3v) is 3.36. The second-order valence-electron chi connectivity index (χ2n) is 5.04. The fourth-order valence-electron chi connectivity index (χ4n) is 2.05. The van der Waals surface area contributed by atoms with E-state index in [1.807, 2.05) is 18.2 Å². The maximum Gasteiger partial charge on any atom is 0.573 e. The lowest BCUT2D eigenvalue weighted by Crippen LogP contribution is -2.29. The molecule has 0 saturated carbocycles. The molecule has 2 rings (SSSR count). The highest BCUT2D eigenvalue weighted by atomic mass is 32.1. The van der Waals surface area contributed by atoms with E-state index in [9.17, 15) is 13.2 Å². The second-order valence-corrected chi connectivity index (χ2v) is 5.45. The normalized spacial score (nSPS) is 11.0. The molecule has 0 saturated heterocycles. The fourth-order valence-corrected chi connectivity index (χ4v) is 2.27. The Balaban J connectivity index is 1.70. The average molecular weight is 354 g/mol. The summed E-state index contributed by atoms with van der Waals surface area (Å²) >= 11 is 5.15. The lowest BCUT2D eigenvalue weighted by atomic mass is 10.1. The van der Waals surface area contributed by atoms with Gasteiger partial charge < -0.3 is 15.4 Å². The lowest BCUT2D eigenvalue weighted by Gasteiger charge is -2.12. The Morgan fingerprint density at radius 1 is 1.00 bits per heavy atom. The molecule has 2 aromatic rings. The summed E-state index contributed by atoms with van der Waals surface area (Å²) < 4.78 is 40.0. The molecule has 3 nitrogen and oxygen atoms in total. The Bertz CT molecular complexity index is 645. The third kappa shape index (κ3) is 6.87. The highest BCUT2D eigenvalue weighted by Gasteiger charge is 2.30. The molecule has 7 heteroatoms. The van der Waals surface area contributed by atoms with Gasteiger partial charge in [-0.1, -0.05) is 30.3 Å². The molecule has 0 atom stereocenters. The van der Waals surface area contributed by atoms with Crippen LogP contribution in [0.4, 0.5) is 18.9 Å². The minimum atomic E-state index is -4.69. The zero-order valence-electron chi connectivity index (χ0n) is 12.8. The quantitative estimate of drug-likeness (QED) is 0.591. The molecule has 0 radical (unpaired) electrons. The monoisotopic (exact) mass is 354 g/mol. The van der Waals surface area contributed by atoms with Gasteiger partial charge in [0.2, 0.25) is 0 Å². The van der Waals surface area contributed by atoms with Gasteiger partial charge in [-0.15, -0.1) is 13.2 Å². The molecule has 0 spiro atoms. The molecule has 0 aromatic heterocycles. The number of alkyl halides is 3. The summed E-state index contributed by atoms with van der Waals surface area (Å²) in [5.41, 5.74) is 1.85. The first-order chi connectivity index (χ1) is 11.4. The highest BCUT2D eigenvalue weighted by molar-refractivity contribution is 7.80. The number of thiocarbonyl (C=S) groups is 1. The largest absolute Gasteiger partial charge is 0.573 e. The Morgan fingerprint density at radius 3 is 2.29 bits per heavy atom. The molecule has 128 valence electrons. The summed E-state index contributed by atoms with van der Waals surface area (Å²) in [5.74, 6) is -0.269. The minimum Gasteiger partial charge on any atom is -0.406 e. The van der Waals surface area contributed by atoms with Crippen molar-refractivity contribution in [2.75, 3.05) is 11.9 Å². The summed E-state index contributed by atoms with van der Waals surface area (Å²) in [6, 6.07) is 15.5. The molecule has 0 aliphatic carbocycles. The van der Waals surface area contributed by atoms with E-state index < -0.39 is 6.36 Å². The molecule has 2 aromatic carbocycles. The van der Waals surface area contributed by atoms with Crippen molar-refractivity contribution in [3.8, 4) is 5.75 Å². The van der Waals surface area contributed by atoms with Gasteiger partial charge in [-0.25, -0.2) is 0 Å². The molecule has 0 heterocycles. The van der Waals surface area contributed by atoms with Crippen molar-refractivity contribution in [3.63, 3.8) is 0 Å². The Labute approximate surface area is 143 Å². The molecule has 0 amide bonds. The van der Waals surface area contributed by atoms with Crippen molar-refractivity contribution in [2.45, 2.75) is 19.2 Å². The maximum atomic E-state index is 12.1. The van der Waals surface area contributed by atoms with Crippen molar-refractivity contribution in [1.29, 1.82) is 0 Å². The predicted octanol–water partition coefficient (Wildman–Crippen LogP) is 4.50. The topological polar surface area (TPSA) is 33.3 Å². The Kier molecular flexibility index (Phi) is 6.43. The average Bonchev–Trinajstić information content (AvgIpc) is 2.53. The predicted molar refractivity (Wildman–Crippen MR) is 92.1 cm³/mol. The molecule has 0 aliphatic rings. The van der Waals surface area contributed by atoms with Gasteiger partial charge in [0.25, 0.3) is 0 Å². The number of aryl methyl sites for hydroxylation is 1. The number of anilines is 1. The van der Waals surface area contributed by atoms with Crippen LogP contribution in [0.1, 0.15) is 12.0 Å². The minimum absolute atomic E-state index is 0.269. The summed E-state index contributed by atoms with van der Waals surface area (Å²) in [6.45, 7) is 0.704. The fraction of sp³-hybridized carbons (Fsp3) is 0.235. The number of ether oxygens (including phenoxy) is 1. The van der Waals surface area contributed by atoms with Gasteiger partial charge in [0.15, 0.2) is 5.11 Å². The van der Waals surface area contributed by atoms with Gasteiger partial charge in [0.1, 0.15) is 5.75 Å². The molecular weight excluding hydrogens is 337 g/mol. The van der Waals surface area contributed by atoms with Crippen LogP contribution in [0.2, 0.25) is 0 Å². The number of benzene rings is 2. The van der Waals surface area contributed by atoms with Crippen molar-refractivity contribution in [2.24, 2.45) is 0 Å². The standard InChI is InChI=1S/C17H17F3N2OS/c18-17(19,20)23-15-10-8-14(9-11-15)22-16(24)21-12-4-7-13-5-2-1-3-6-13/h1-3,5-6,8-11H,4,7,12H2,(H2,21,22,24). The van der Waals surface area contributed by atoms with Crippen LogP contribution in [0.25, 0.3) is 0 Å². The Morgan fingerprint density at radius 2 is 1.67 bits per heavy atom. The first-order valence-electron chi connectivity index (χ1n) is 7.37. The van der Waals surface area contributed by atoms with Crippen LogP contribution in [0.5, 0.6) is 5.75 Å². The van der Waals surface area contributed by atoms with E-state index >= 15 is 0 Å². The zero-order chi connectivity index (χ0) is 17.4. The zero-order valence-corrected chi connectivity index (χ0v) is 13.6. The van der Waals surface area contributed by atoms with Gasteiger partial charge in [-0.2, -0.15) is 0 Å². The van der Waals surface area contributed by atoms with Crippen molar-refractivity contribution >= 4 is 23.0 Å². The second kappa shape index (κ2) is 8.54. The van der Waals surface area contributed by atoms with Crippen LogP contribution >= 0.6 is 12.2 Å². The number of hydrogen-bond acceptors (Lipinski definition) is 2. The van der Waals surface area contributed by atoms with Crippen molar-refractivity contribution in [3.05, 3.63) is 60.2 Å². The van der Waals surface area contributed by atoms with Crippen LogP contribution in [0.15, 0.2) is 54.6 Å². The first kappa shape index (κ1) is 18.1. The summed E-state index contributed by atoms with van der Waals surface area (Å²) in [4.78, 5) is 0. The van der Waals surface area contributed by atoms with E-state index in [-0.39, 0.29) is 5.75 Å². The van der Waals surface area contributed by atoms with E-state index in [1.165, 1.54) is 29.8 Å². The van der Waals surface area contributed by atoms with Gasteiger partial charge >= 0.3 is 6.36 Å². The lowest BCUT2D eigenvalue weighted by molar-refractivity contribution is -0.274. The van der Waals surface area contributed by atoms with Gasteiger partial charge in [-0.3, -0.25) is 0 Å². The Hall–Kier alpha value is -2.28. The molecule has 0 fully saturated rings. The van der Waals surface area contributed by atoms with E-state index in [0.29, 0.717) is 17.3 Å². The van der Waals surface area contributed by atoms with E-state index in [0.717, 1.165) is 12.8 Å². The SMILES string of the molecule is FC(F)(F)Oc1ccc(NC(=S)NCCCc2ccccc2)cc1. The number of hydrogen-bond donors (Lipinski definition) is 2. The number of rotatable bonds is 6. The smallest absolute Gasteiger partial charge is 0.406 e. The van der Waals surface area contributed by atoms with Crippen molar-refractivity contribution < 1.29 is 17.9 Å². The van der Waals surface area contributed by atoms with Crippen LogP contribution < -0.4 is 15.4 Å². The van der Waals surface area contributed by atoms with E-state index in [1.54, 1.807) is 0 Å². The van der Waals surface area contributed by atoms with E-state index in [4.69, 9.17) is 12.2 Å². The molecule has 0 aliphatic heterocycles. The van der Waals surface area contributed by atoms with Crippen LogP contribution in [0, 0.1) is 0 Å². The van der Waals surface area contributed by atoms with Gasteiger partial charge in [0, 0.05) is 12.2 Å². The molecule has 0 bridgehead atoms. The molecular formula is C17H17F3N2OS. The first-order valence-corrected chi connectivity index (χ1v) is 7.78. The van der Waals surface area contributed by atoms with Gasteiger partial charge in [0.05, 0.1) is 0 Å². The molecule has 0 unspecified atom stereocenters. The van der Waals surface area contributed by atoms with Gasteiger partial charge in [-0.05, 0) is 54.9 Å². The molecule has 24 heavy (non-hydrogen) atoms. The van der Waals surface area contributed by atoms with Crippen LogP contribution in [0.3, 0.4) is 0 Å². The highest BCUT2D eigenvalue weighted by Crippen LogP contribution is 2.23. The summed E-state index contributed by atoms with van der Waals surface area (Å²) in [5, 5.41) is 6.40. The number of nitrogens with one attached hydrogen (secondary N) is 2. The van der Waals surface area contributed by atoms with Crippen molar-refractivity contribution in [1.82, 2.24) is 5.32 Å². The van der Waals surface area contributed by atoms with Crippen LogP contribution in [-0.4, -0.2) is 18.0 Å². The van der Waals surface area contributed by atoms with Crippen LogP contribution in [-0.2, 0) is 6.42 Å². The van der Waals surface area contributed by atoms with E-state index in [2.05, 4.69) is 27.5 Å². The summed E-state index contributed by atoms with van der Waals surface area (Å²) in [6.07, 6.45) is -2.82. The molecule has 2 N–H and O–H groups in total. The number of halogens is 3. The maximum absolute atomic E-state index is 12.1.